The van der Waals surface area contributed by atoms with E-state index in [0.29, 0.717) is 25.5 Å². The molecule has 0 aromatic heterocycles. The predicted octanol–water partition coefficient (Wildman–Crippen LogP) is 0.796. The van der Waals surface area contributed by atoms with Crippen LogP contribution in [-0.2, 0) is 9.53 Å². The number of morpholine rings is 1. The largest absolute Gasteiger partial charge is 0.378 e. The summed E-state index contributed by atoms with van der Waals surface area (Å²) < 4.78 is 5.30. The number of piperazine rings is 1. The summed E-state index contributed by atoms with van der Waals surface area (Å²) in [6, 6.07) is 0.849. The maximum atomic E-state index is 12.1. The molecule has 3 aliphatic rings. The maximum absolute atomic E-state index is 12.1. The van der Waals surface area contributed by atoms with Gasteiger partial charge in [0.25, 0.3) is 0 Å². The lowest BCUT2D eigenvalue weighted by Crippen LogP contribution is -2.50. The smallest absolute Gasteiger partial charge is 0.224 e. The Kier molecular flexibility index (Phi) is 5.49. The Morgan fingerprint density at radius 1 is 0.952 bits per heavy atom. The van der Waals surface area contributed by atoms with Crippen molar-refractivity contribution in [3.05, 3.63) is 0 Å². The first-order valence-corrected chi connectivity index (χ1v) is 8.65. The van der Waals surface area contributed by atoms with Crippen LogP contribution in [0.3, 0.4) is 0 Å². The third-order valence-corrected chi connectivity index (χ3v) is 5.25. The van der Waals surface area contributed by atoms with Crippen LogP contribution in [0.2, 0.25) is 0 Å². The Hall–Kier alpha value is -0.650. The van der Waals surface area contributed by atoms with Gasteiger partial charge in [-0.1, -0.05) is 12.8 Å². The molecular formula is C16H29N3O2. The van der Waals surface area contributed by atoms with Gasteiger partial charge in [0.1, 0.15) is 0 Å². The van der Waals surface area contributed by atoms with E-state index < -0.39 is 0 Å². The van der Waals surface area contributed by atoms with Gasteiger partial charge in [-0.25, -0.2) is 0 Å². The Morgan fingerprint density at radius 2 is 1.62 bits per heavy atom. The Bertz CT molecular complexity index is 330. The fourth-order valence-electron chi connectivity index (χ4n) is 3.85. The molecule has 2 aliphatic heterocycles. The van der Waals surface area contributed by atoms with Crippen molar-refractivity contribution in [3.63, 3.8) is 0 Å². The molecule has 3 rings (SSSR count). The molecule has 1 aliphatic carbocycles. The number of nitrogens with zero attached hydrogens (tertiary/aromatic N) is 3. The molecule has 0 bridgehead atoms. The zero-order chi connectivity index (χ0) is 14.5. The molecule has 3 fully saturated rings. The lowest BCUT2D eigenvalue weighted by atomic mass is 10.1. The fraction of sp³-hybridized carbons (Fsp3) is 0.938. The Morgan fingerprint density at radius 3 is 2.29 bits per heavy atom. The van der Waals surface area contributed by atoms with Gasteiger partial charge in [-0.2, -0.15) is 0 Å². The van der Waals surface area contributed by atoms with E-state index in [4.69, 9.17) is 4.74 Å². The average molecular weight is 295 g/mol. The minimum absolute atomic E-state index is 0.302. The van der Waals surface area contributed by atoms with Crippen LogP contribution in [0.25, 0.3) is 0 Å². The molecule has 5 heteroatoms. The fourth-order valence-corrected chi connectivity index (χ4v) is 3.85. The molecule has 0 unspecified atom stereocenters. The Labute approximate surface area is 128 Å². The number of amides is 1. The first-order valence-electron chi connectivity index (χ1n) is 8.65. The van der Waals surface area contributed by atoms with Crippen LogP contribution in [0, 0.1) is 0 Å². The third kappa shape index (κ3) is 4.18. The molecule has 0 aromatic carbocycles. The summed E-state index contributed by atoms with van der Waals surface area (Å²) in [5.41, 5.74) is 0. The zero-order valence-corrected chi connectivity index (χ0v) is 13.1. The maximum Gasteiger partial charge on any atom is 0.224 e. The van der Waals surface area contributed by atoms with Crippen molar-refractivity contribution in [2.75, 3.05) is 59.0 Å². The summed E-state index contributed by atoms with van der Waals surface area (Å²) in [4.78, 5) is 19.2. The topological polar surface area (TPSA) is 36.0 Å². The van der Waals surface area contributed by atoms with E-state index in [-0.39, 0.29) is 0 Å². The summed E-state index contributed by atoms with van der Waals surface area (Å²) in [6.07, 6.45) is 6.30. The number of carbonyl (C=O) groups is 1. The first kappa shape index (κ1) is 15.3. The quantitative estimate of drug-likeness (QED) is 0.768. The summed E-state index contributed by atoms with van der Waals surface area (Å²) in [7, 11) is 0. The van der Waals surface area contributed by atoms with Crippen LogP contribution >= 0.6 is 0 Å². The average Bonchev–Trinajstić information content (AvgIpc) is 3.08. The van der Waals surface area contributed by atoms with Gasteiger partial charge < -0.3 is 14.5 Å². The second kappa shape index (κ2) is 7.56. The van der Waals surface area contributed by atoms with Crippen molar-refractivity contribution in [1.82, 2.24) is 14.7 Å². The molecule has 2 heterocycles. The minimum atomic E-state index is 0.302. The molecular weight excluding hydrogens is 266 g/mol. The van der Waals surface area contributed by atoms with Crippen molar-refractivity contribution >= 4 is 5.91 Å². The molecule has 5 nitrogen and oxygen atoms in total. The van der Waals surface area contributed by atoms with Gasteiger partial charge in [0, 0.05) is 58.3 Å². The molecule has 0 spiro atoms. The summed E-state index contributed by atoms with van der Waals surface area (Å²) >= 11 is 0. The number of hydrogen-bond donors (Lipinski definition) is 0. The highest BCUT2D eigenvalue weighted by Crippen LogP contribution is 2.24. The van der Waals surface area contributed by atoms with E-state index in [9.17, 15) is 4.79 Å². The molecule has 1 amide bonds. The monoisotopic (exact) mass is 295 g/mol. The molecule has 2 saturated heterocycles. The van der Waals surface area contributed by atoms with Crippen molar-refractivity contribution in [3.8, 4) is 0 Å². The van der Waals surface area contributed by atoms with E-state index >= 15 is 0 Å². The molecule has 120 valence electrons. The molecule has 1 saturated carbocycles. The van der Waals surface area contributed by atoms with Crippen molar-refractivity contribution in [2.24, 2.45) is 0 Å². The van der Waals surface area contributed by atoms with Crippen LogP contribution < -0.4 is 0 Å². The van der Waals surface area contributed by atoms with Crippen LogP contribution in [0.4, 0.5) is 0 Å². The van der Waals surface area contributed by atoms with E-state index in [1.807, 2.05) is 4.90 Å². The van der Waals surface area contributed by atoms with Crippen molar-refractivity contribution < 1.29 is 9.53 Å². The highest BCUT2D eigenvalue weighted by molar-refractivity contribution is 5.76. The lowest BCUT2D eigenvalue weighted by Gasteiger charge is -2.38. The molecule has 0 N–H and O–H groups in total. The van der Waals surface area contributed by atoms with Gasteiger partial charge in [0.2, 0.25) is 5.91 Å². The van der Waals surface area contributed by atoms with Gasteiger partial charge in [-0.05, 0) is 12.8 Å². The minimum Gasteiger partial charge on any atom is -0.378 e. The summed E-state index contributed by atoms with van der Waals surface area (Å²) in [6.45, 7) is 8.52. The van der Waals surface area contributed by atoms with Crippen molar-refractivity contribution in [2.45, 2.75) is 38.1 Å². The normalized spacial score (nSPS) is 26.4. The lowest BCUT2D eigenvalue weighted by molar-refractivity contribution is -0.135. The summed E-state index contributed by atoms with van der Waals surface area (Å²) in [5.74, 6) is 0.302. The molecule has 21 heavy (non-hydrogen) atoms. The van der Waals surface area contributed by atoms with Gasteiger partial charge >= 0.3 is 0 Å². The van der Waals surface area contributed by atoms with Gasteiger partial charge in [-0.15, -0.1) is 0 Å². The SMILES string of the molecule is O=C(CCN1CCN(C2CCCC2)CC1)N1CCOCC1. The molecule has 0 radical (unpaired) electrons. The number of ether oxygens (including phenoxy) is 1. The second-order valence-corrected chi connectivity index (χ2v) is 6.56. The number of rotatable bonds is 4. The second-order valence-electron chi connectivity index (χ2n) is 6.56. The summed E-state index contributed by atoms with van der Waals surface area (Å²) in [5, 5.41) is 0. The highest BCUT2D eigenvalue weighted by atomic mass is 16.5. The highest BCUT2D eigenvalue weighted by Gasteiger charge is 2.26. The van der Waals surface area contributed by atoms with E-state index in [2.05, 4.69) is 9.80 Å². The van der Waals surface area contributed by atoms with Gasteiger partial charge in [-0.3, -0.25) is 9.69 Å². The van der Waals surface area contributed by atoms with Gasteiger partial charge in [0.15, 0.2) is 0 Å². The predicted molar refractivity (Wildman–Crippen MR) is 82.3 cm³/mol. The standard InChI is InChI=1S/C16H29N3O2/c20-16(19-11-13-21-14-12-19)5-6-17-7-9-18(10-8-17)15-3-1-2-4-15/h15H,1-14H2. The van der Waals surface area contributed by atoms with E-state index in [1.165, 1.54) is 38.8 Å². The van der Waals surface area contributed by atoms with E-state index in [0.717, 1.165) is 38.8 Å². The molecule has 0 aromatic rings. The first-order chi connectivity index (χ1) is 10.3. The van der Waals surface area contributed by atoms with E-state index in [1.54, 1.807) is 0 Å². The number of carbonyl (C=O) groups excluding carboxylic acids is 1. The third-order valence-electron chi connectivity index (χ3n) is 5.25. The zero-order valence-electron chi connectivity index (χ0n) is 13.1. The van der Waals surface area contributed by atoms with Crippen molar-refractivity contribution in [1.29, 1.82) is 0 Å². The van der Waals surface area contributed by atoms with Crippen LogP contribution in [-0.4, -0.2) is 85.7 Å². The van der Waals surface area contributed by atoms with Gasteiger partial charge in [0.05, 0.1) is 13.2 Å². The number of hydrogen-bond acceptors (Lipinski definition) is 4. The molecule has 0 atom stereocenters. The Balaban J connectivity index is 1.34. The van der Waals surface area contributed by atoms with Crippen LogP contribution in [0.5, 0.6) is 0 Å². The van der Waals surface area contributed by atoms with Crippen LogP contribution in [0.1, 0.15) is 32.1 Å². The van der Waals surface area contributed by atoms with Crippen LogP contribution in [0.15, 0.2) is 0 Å².